The Balaban J connectivity index is 1.43. The summed E-state index contributed by atoms with van der Waals surface area (Å²) in [6, 6.07) is 1.61. The van der Waals surface area contributed by atoms with E-state index in [-0.39, 0.29) is 31.8 Å². The zero-order valence-corrected chi connectivity index (χ0v) is 16.9. The highest BCUT2D eigenvalue weighted by Crippen LogP contribution is 2.48. The fraction of sp³-hybridized carbons (Fsp3) is 0.600. The summed E-state index contributed by atoms with van der Waals surface area (Å²) in [5.74, 6) is -2.73. The second-order valence-corrected chi connectivity index (χ2v) is 8.28. The normalized spacial score (nSPS) is 19.5. The number of amides is 2. The van der Waals surface area contributed by atoms with Crippen LogP contribution in [0.5, 0.6) is 0 Å². The van der Waals surface area contributed by atoms with Crippen LogP contribution in [0.3, 0.4) is 0 Å². The van der Waals surface area contributed by atoms with Crippen molar-refractivity contribution in [2.45, 2.75) is 43.6 Å². The van der Waals surface area contributed by atoms with Crippen LogP contribution in [0.1, 0.15) is 41.6 Å². The van der Waals surface area contributed by atoms with Gasteiger partial charge >= 0.3 is 12.4 Å². The Hall–Kier alpha value is -2.37. The third-order valence-corrected chi connectivity index (χ3v) is 5.78. The molecule has 0 aromatic heterocycles. The van der Waals surface area contributed by atoms with E-state index in [4.69, 9.17) is 0 Å². The monoisotopic (exact) mass is 469 g/mol. The number of alkyl halides is 6. The molecule has 0 spiro atoms. The maximum Gasteiger partial charge on any atom is 0.416 e. The topological polar surface area (TPSA) is 61.4 Å². The van der Waals surface area contributed by atoms with Crippen molar-refractivity contribution in [3.63, 3.8) is 0 Å². The Kier molecular flexibility index (Phi) is 6.73. The maximum absolute atomic E-state index is 13.5. The molecule has 1 aromatic carbocycles. The average molecular weight is 469 g/mol. The van der Waals surface area contributed by atoms with Crippen molar-refractivity contribution < 1.29 is 40.3 Å². The lowest BCUT2D eigenvalue weighted by molar-refractivity contribution is -0.170. The standard InChI is InChI=1S/C20H22F7N3O2/c21-15-8-13(7-14(9-15)19(22,23)24)17(32)28-10-12-1-5-30(6-2-12)11-16(31)29-18(3-4-18)20(25,26)27/h7-9,12H,1-6,10-11H2,(H,28,32)(H,29,31). The van der Waals surface area contributed by atoms with Crippen molar-refractivity contribution in [2.24, 2.45) is 5.92 Å². The van der Waals surface area contributed by atoms with Gasteiger partial charge in [-0.25, -0.2) is 4.39 Å². The van der Waals surface area contributed by atoms with Gasteiger partial charge < -0.3 is 10.6 Å². The molecule has 1 aromatic rings. The highest BCUT2D eigenvalue weighted by Gasteiger charge is 2.64. The number of piperidine rings is 1. The van der Waals surface area contributed by atoms with Gasteiger partial charge in [0, 0.05) is 12.1 Å². The molecule has 1 aliphatic carbocycles. The zero-order valence-electron chi connectivity index (χ0n) is 16.9. The first-order chi connectivity index (χ1) is 14.8. The van der Waals surface area contributed by atoms with Gasteiger partial charge in [0.25, 0.3) is 5.91 Å². The second-order valence-electron chi connectivity index (χ2n) is 8.28. The number of halogens is 7. The molecule has 1 heterocycles. The van der Waals surface area contributed by atoms with Gasteiger partial charge in [0.15, 0.2) is 0 Å². The number of carbonyl (C=O) groups excluding carboxylic acids is 2. The van der Waals surface area contributed by atoms with Crippen LogP contribution < -0.4 is 10.6 Å². The van der Waals surface area contributed by atoms with Crippen molar-refractivity contribution in [3.05, 3.63) is 35.1 Å². The predicted molar refractivity (Wildman–Crippen MR) is 99.1 cm³/mol. The Morgan fingerprint density at radius 3 is 2.19 bits per heavy atom. The summed E-state index contributed by atoms with van der Waals surface area (Å²) in [7, 11) is 0. The Morgan fingerprint density at radius 1 is 1.03 bits per heavy atom. The molecular formula is C20H22F7N3O2. The molecule has 3 rings (SSSR count). The number of nitrogens with one attached hydrogen (secondary N) is 2. The van der Waals surface area contributed by atoms with Crippen molar-refractivity contribution in [1.82, 2.24) is 15.5 Å². The van der Waals surface area contributed by atoms with E-state index in [9.17, 15) is 40.3 Å². The van der Waals surface area contributed by atoms with Crippen molar-refractivity contribution >= 4 is 11.8 Å². The van der Waals surface area contributed by atoms with Crippen LogP contribution in [0, 0.1) is 11.7 Å². The highest BCUT2D eigenvalue weighted by molar-refractivity contribution is 5.94. The van der Waals surface area contributed by atoms with E-state index in [1.165, 1.54) is 0 Å². The van der Waals surface area contributed by atoms with Gasteiger partial charge in [0.1, 0.15) is 11.4 Å². The summed E-state index contributed by atoms with van der Waals surface area (Å²) in [5, 5.41) is 4.56. The first kappa shape index (κ1) is 24.3. The van der Waals surface area contributed by atoms with Gasteiger partial charge in [-0.15, -0.1) is 0 Å². The van der Waals surface area contributed by atoms with Crippen LogP contribution in [-0.2, 0) is 11.0 Å². The van der Waals surface area contributed by atoms with Crippen LogP contribution in [0.4, 0.5) is 30.7 Å². The minimum atomic E-state index is -4.78. The molecule has 2 aliphatic rings. The molecule has 1 saturated carbocycles. The van der Waals surface area contributed by atoms with Crippen LogP contribution in [0.25, 0.3) is 0 Å². The lowest BCUT2D eigenvalue weighted by atomic mass is 9.96. The lowest BCUT2D eigenvalue weighted by Gasteiger charge is -2.32. The van der Waals surface area contributed by atoms with Crippen LogP contribution in [-0.4, -0.2) is 54.6 Å². The van der Waals surface area contributed by atoms with Gasteiger partial charge in [0.05, 0.1) is 12.1 Å². The van der Waals surface area contributed by atoms with E-state index in [1.807, 2.05) is 0 Å². The molecule has 2 amide bonds. The molecule has 1 aliphatic heterocycles. The summed E-state index contributed by atoms with van der Waals surface area (Å²) in [5.41, 5.74) is -3.80. The summed E-state index contributed by atoms with van der Waals surface area (Å²) in [6.07, 6.45) is -8.44. The quantitative estimate of drug-likeness (QED) is 0.628. The maximum atomic E-state index is 13.5. The lowest BCUT2D eigenvalue weighted by Crippen LogP contribution is -2.51. The van der Waals surface area contributed by atoms with Gasteiger partial charge in [-0.2, -0.15) is 26.3 Å². The van der Waals surface area contributed by atoms with Crippen molar-refractivity contribution in [2.75, 3.05) is 26.2 Å². The van der Waals surface area contributed by atoms with Gasteiger partial charge in [-0.05, 0) is 62.9 Å². The van der Waals surface area contributed by atoms with E-state index in [0.29, 0.717) is 38.1 Å². The number of likely N-dealkylation sites (tertiary alicyclic amines) is 1. The minimum Gasteiger partial charge on any atom is -0.352 e. The van der Waals surface area contributed by atoms with Gasteiger partial charge in [-0.1, -0.05) is 0 Å². The van der Waals surface area contributed by atoms with Crippen LogP contribution in [0.2, 0.25) is 0 Å². The number of nitrogens with zero attached hydrogens (tertiary/aromatic N) is 1. The Labute approximate surface area is 179 Å². The molecule has 0 radical (unpaired) electrons. The molecule has 178 valence electrons. The predicted octanol–water partition coefficient (Wildman–Crippen LogP) is 3.50. The molecule has 0 unspecified atom stereocenters. The van der Waals surface area contributed by atoms with Crippen molar-refractivity contribution in [1.29, 1.82) is 0 Å². The van der Waals surface area contributed by atoms with Gasteiger partial charge in [0.2, 0.25) is 5.91 Å². The molecule has 2 fully saturated rings. The second kappa shape index (κ2) is 8.87. The number of benzene rings is 1. The fourth-order valence-electron chi connectivity index (χ4n) is 3.69. The SMILES string of the molecule is O=C(CN1CCC(CNC(=O)c2cc(F)cc(C(F)(F)F)c2)CC1)NC1(C(F)(F)F)CC1. The fourth-order valence-corrected chi connectivity index (χ4v) is 3.69. The molecule has 32 heavy (non-hydrogen) atoms. The first-order valence-corrected chi connectivity index (χ1v) is 10.1. The smallest absolute Gasteiger partial charge is 0.352 e. The summed E-state index contributed by atoms with van der Waals surface area (Å²) < 4.78 is 90.6. The number of hydrogen-bond acceptors (Lipinski definition) is 3. The van der Waals surface area contributed by atoms with Crippen LogP contribution >= 0.6 is 0 Å². The van der Waals surface area contributed by atoms with E-state index in [1.54, 1.807) is 4.90 Å². The summed E-state index contributed by atoms with van der Waals surface area (Å²) >= 11 is 0. The molecule has 1 saturated heterocycles. The molecule has 0 atom stereocenters. The van der Waals surface area contributed by atoms with Crippen molar-refractivity contribution in [3.8, 4) is 0 Å². The Bertz CT molecular complexity index is 858. The average Bonchev–Trinajstić information content (AvgIpc) is 3.46. The van der Waals surface area contributed by atoms with E-state index < -0.39 is 46.7 Å². The first-order valence-electron chi connectivity index (χ1n) is 10.1. The van der Waals surface area contributed by atoms with Crippen LogP contribution in [0.15, 0.2) is 18.2 Å². The van der Waals surface area contributed by atoms with E-state index in [2.05, 4.69) is 10.6 Å². The molecule has 5 nitrogen and oxygen atoms in total. The Morgan fingerprint density at radius 2 is 1.66 bits per heavy atom. The number of hydrogen-bond donors (Lipinski definition) is 2. The molecule has 2 N–H and O–H groups in total. The highest BCUT2D eigenvalue weighted by atomic mass is 19.4. The van der Waals surface area contributed by atoms with E-state index in [0.717, 1.165) is 6.07 Å². The number of carbonyl (C=O) groups is 2. The largest absolute Gasteiger partial charge is 0.416 e. The molecule has 0 bridgehead atoms. The molecule has 12 heteroatoms. The third-order valence-electron chi connectivity index (χ3n) is 5.78. The summed E-state index contributed by atoms with van der Waals surface area (Å²) in [6.45, 7) is 0.824. The zero-order chi connectivity index (χ0) is 23.7. The minimum absolute atomic E-state index is 0.0288. The third kappa shape index (κ3) is 5.90. The summed E-state index contributed by atoms with van der Waals surface area (Å²) in [4.78, 5) is 25.8. The number of rotatable bonds is 6. The van der Waals surface area contributed by atoms with E-state index >= 15 is 0 Å². The molecular weight excluding hydrogens is 447 g/mol. The van der Waals surface area contributed by atoms with Gasteiger partial charge in [-0.3, -0.25) is 14.5 Å².